The van der Waals surface area contributed by atoms with Crippen molar-refractivity contribution in [2.24, 2.45) is 21.5 Å². The number of aliphatic hydroxyl groups excluding tert-OH is 1. The van der Waals surface area contributed by atoms with Gasteiger partial charge in [-0.1, -0.05) is 63.1 Å². The molecule has 2 aromatic carbocycles. The molecule has 1 fully saturated rings. The van der Waals surface area contributed by atoms with Gasteiger partial charge in [0.1, 0.15) is 17.9 Å². The molecule has 0 bridgehead atoms. The molecule has 3 aromatic rings. The van der Waals surface area contributed by atoms with Gasteiger partial charge >= 0.3 is 0 Å². The van der Waals surface area contributed by atoms with Crippen molar-refractivity contribution >= 4 is 18.1 Å². The van der Waals surface area contributed by atoms with E-state index in [-0.39, 0.29) is 42.0 Å². The number of halogens is 1. The molecule has 48 heavy (non-hydrogen) atoms. The lowest BCUT2D eigenvalue weighted by molar-refractivity contribution is -0.118. The third-order valence-corrected chi connectivity index (χ3v) is 9.12. The number of benzene rings is 2. The van der Waals surface area contributed by atoms with Crippen LogP contribution in [-0.2, 0) is 17.6 Å². The van der Waals surface area contributed by atoms with Crippen molar-refractivity contribution < 1.29 is 19.3 Å². The Balaban J connectivity index is 1.66. The summed E-state index contributed by atoms with van der Waals surface area (Å²) in [4.78, 5) is 27.6. The molecule has 2 unspecified atom stereocenters. The fraction of sp³-hybridized carbons (Fsp3) is 0.514. The quantitative estimate of drug-likeness (QED) is 0.127. The van der Waals surface area contributed by atoms with E-state index in [1.54, 1.807) is 30.5 Å². The number of ether oxygens (including phenoxy) is 1. The van der Waals surface area contributed by atoms with Crippen molar-refractivity contribution in [3.05, 3.63) is 81.0 Å². The minimum atomic E-state index is -0.957. The Morgan fingerprint density at radius 1 is 1.17 bits per heavy atom. The first-order chi connectivity index (χ1) is 22.9. The summed E-state index contributed by atoms with van der Waals surface area (Å²) in [6.07, 6.45) is 5.19. The molecule has 6 N–H and O–H groups in total. The summed E-state index contributed by atoms with van der Waals surface area (Å²) in [7, 11) is 0. The predicted octanol–water partition coefficient (Wildman–Crippen LogP) is 5.69. The van der Waals surface area contributed by atoms with E-state index in [4.69, 9.17) is 21.2 Å². The Bertz CT molecular complexity index is 1660. The van der Waals surface area contributed by atoms with E-state index in [0.717, 1.165) is 19.2 Å². The highest BCUT2D eigenvalue weighted by atomic mass is 19.1. The van der Waals surface area contributed by atoms with Gasteiger partial charge in [-0.2, -0.15) is 0 Å². The average molecular weight is 663 g/mol. The van der Waals surface area contributed by atoms with Gasteiger partial charge < -0.3 is 26.4 Å². The van der Waals surface area contributed by atoms with E-state index in [1.807, 2.05) is 45.0 Å². The molecule has 0 radical (unpaired) electrons. The van der Waals surface area contributed by atoms with Crippen LogP contribution in [0.2, 0.25) is 0 Å². The normalized spacial score (nSPS) is 18.7. The first-order valence-corrected chi connectivity index (χ1v) is 17.0. The minimum absolute atomic E-state index is 0.0348. The number of nitrogens with two attached hydrogens (primary N) is 2. The number of hydrogen-bond donors (Lipinski definition) is 4. The summed E-state index contributed by atoms with van der Waals surface area (Å²) in [6.45, 7) is 9.28. The Kier molecular flexibility index (Phi) is 12.6. The molecule has 11 heteroatoms. The second-order valence-electron chi connectivity index (χ2n) is 13.2. The van der Waals surface area contributed by atoms with Gasteiger partial charge in [0.15, 0.2) is 0 Å². The number of aliphatic imine (C=N–C) groups is 2. The number of aryl methyl sites for hydroxylation is 1. The summed E-state index contributed by atoms with van der Waals surface area (Å²) < 4.78 is 23.6. The molecule has 0 spiro atoms. The SMILES string of the molecule is CCCc1nc(N=CN)n(C2CCC(OC(C)C(C)(C)O)CC2)c(=O)c1Cc1ccc(-c2ccccc2C(N)=NC(O)CCC)cc1F. The Morgan fingerprint density at radius 3 is 2.50 bits per heavy atom. The van der Waals surface area contributed by atoms with Gasteiger partial charge in [-0.05, 0) is 82.1 Å². The third kappa shape index (κ3) is 8.94. The molecule has 10 nitrogen and oxygen atoms in total. The molecule has 1 aromatic heterocycles. The third-order valence-electron chi connectivity index (χ3n) is 9.12. The minimum Gasteiger partial charge on any atom is -0.390 e. The number of amidine groups is 1. The van der Waals surface area contributed by atoms with Gasteiger partial charge in [-0.25, -0.2) is 19.4 Å². The van der Waals surface area contributed by atoms with E-state index in [9.17, 15) is 15.0 Å². The van der Waals surface area contributed by atoms with Gasteiger partial charge in [0.2, 0.25) is 5.95 Å². The van der Waals surface area contributed by atoms with Crippen molar-refractivity contribution in [3.8, 4) is 11.1 Å². The Morgan fingerprint density at radius 2 is 1.88 bits per heavy atom. The number of hydrogen-bond acceptors (Lipinski definition) is 7. The maximum atomic E-state index is 15.9. The molecule has 260 valence electrons. The summed E-state index contributed by atoms with van der Waals surface area (Å²) in [5.41, 5.74) is 14.0. The highest BCUT2D eigenvalue weighted by Crippen LogP contribution is 2.34. The molecule has 0 amide bonds. The maximum absolute atomic E-state index is 15.9. The monoisotopic (exact) mass is 662 g/mol. The van der Waals surface area contributed by atoms with Crippen LogP contribution in [0, 0.1) is 5.82 Å². The zero-order chi connectivity index (χ0) is 35.0. The summed E-state index contributed by atoms with van der Waals surface area (Å²) in [5.74, 6) is -0.0287. The molecular weight excluding hydrogens is 611 g/mol. The average Bonchev–Trinajstić information content (AvgIpc) is 3.04. The van der Waals surface area contributed by atoms with Crippen LogP contribution in [0.5, 0.6) is 0 Å². The van der Waals surface area contributed by atoms with E-state index in [0.29, 0.717) is 72.0 Å². The Hall–Kier alpha value is -3.93. The lowest BCUT2D eigenvalue weighted by atomic mass is 9.91. The van der Waals surface area contributed by atoms with Gasteiger partial charge in [-0.3, -0.25) is 9.36 Å². The lowest BCUT2D eigenvalue weighted by Gasteiger charge is -2.35. The molecule has 2 atom stereocenters. The zero-order valence-electron chi connectivity index (χ0n) is 28.8. The fourth-order valence-electron chi connectivity index (χ4n) is 6.16. The fourth-order valence-corrected chi connectivity index (χ4v) is 6.16. The number of rotatable bonds is 14. The maximum Gasteiger partial charge on any atom is 0.259 e. The molecule has 1 aliphatic rings. The van der Waals surface area contributed by atoms with E-state index in [2.05, 4.69) is 9.98 Å². The van der Waals surface area contributed by atoms with Crippen LogP contribution in [0.25, 0.3) is 11.1 Å². The zero-order valence-corrected chi connectivity index (χ0v) is 28.8. The first kappa shape index (κ1) is 36.9. The molecule has 1 saturated carbocycles. The number of aromatic nitrogens is 2. The molecule has 4 rings (SSSR count). The molecule has 0 aliphatic heterocycles. The summed E-state index contributed by atoms with van der Waals surface area (Å²) in [5, 5.41) is 20.5. The highest BCUT2D eigenvalue weighted by molar-refractivity contribution is 6.03. The second-order valence-corrected chi connectivity index (χ2v) is 13.2. The van der Waals surface area contributed by atoms with Gasteiger partial charge in [0, 0.05) is 23.6 Å². The van der Waals surface area contributed by atoms with Crippen LogP contribution >= 0.6 is 0 Å². The summed E-state index contributed by atoms with van der Waals surface area (Å²) >= 11 is 0. The molecule has 1 aliphatic carbocycles. The molecule has 1 heterocycles. The van der Waals surface area contributed by atoms with E-state index >= 15 is 4.39 Å². The van der Waals surface area contributed by atoms with Crippen molar-refractivity contribution in [2.75, 3.05) is 0 Å². The van der Waals surface area contributed by atoms with E-state index in [1.165, 1.54) is 6.07 Å². The predicted molar refractivity (Wildman–Crippen MR) is 189 cm³/mol. The van der Waals surface area contributed by atoms with Crippen molar-refractivity contribution in [1.29, 1.82) is 0 Å². The lowest BCUT2D eigenvalue weighted by Crippen LogP contribution is -2.40. The molecule has 0 saturated heterocycles. The smallest absolute Gasteiger partial charge is 0.259 e. The van der Waals surface area contributed by atoms with Crippen molar-refractivity contribution in [1.82, 2.24) is 9.55 Å². The van der Waals surface area contributed by atoms with Crippen LogP contribution in [0.1, 0.15) is 108 Å². The Labute approximate surface area is 282 Å². The van der Waals surface area contributed by atoms with E-state index < -0.39 is 17.6 Å². The topological polar surface area (TPSA) is 161 Å². The van der Waals surface area contributed by atoms with Gasteiger partial charge in [0.05, 0.1) is 29.8 Å². The number of nitrogens with zero attached hydrogens (tertiary/aromatic N) is 4. The van der Waals surface area contributed by atoms with Crippen LogP contribution in [0.3, 0.4) is 0 Å². The van der Waals surface area contributed by atoms with Crippen LogP contribution in [0.4, 0.5) is 10.3 Å². The van der Waals surface area contributed by atoms with Crippen molar-refractivity contribution in [2.45, 2.75) is 122 Å². The standard InChI is InChI=1S/C37H51FN6O4/c1-6-10-32-30(35(46)44(36(42-32)41-22-39)26-16-18-27(19-17-26)48-23(3)37(4,5)47)20-25-15-14-24(21-31(25)38)28-12-8-9-13-29(28)34(40)43-33(45)11-7-2/h8-9,12-15,21-23,26-27,33,45,47H,6-7,10-11,16-20H2,1-5H3,(H2,40,43)(H2,39,41,42). The van der Waals surface area contributed by atoms with Crippen molar-refractivity contribution in [3.63, 3.8) is 0 Å². The van der Waals surface area contributed by atoms with Crippen LogP contribution in [-0.4, -0.2) is 56.0 Å². The van der Waals surface area contributed by atoms with Gasteiger partial charge in [0.25, 0.3) is 5.56 Å². The second kappa shape index (κ2) is 16.5. The summed E-state index contributed by atoms with van der Waals surface area (Å²) in [6, 6.07) is 12.1. The first-order valence-electron chi connectivity index (χ1n) is 17.0. The van der Waals surface area contributed by atoms with Crippen LogP contribution in [0.15, 0.2) is 57.2 Å². The largest absolute Gasteiger partial charge is 0.390 e. The highest BCUT2D eigenvalue weighted by Gasteiger charge is 2.31. The van der Waals surface area contributed by atoms with Gasteiger partial charge in [-0.15, -0.1) is 0 Å². The molecular formula is C37H51FN6O4. The van der Waals surface area contributed by atoms with Crippen LogP contribution < -0.4 is 17.0 Å². The number of aliphatic hydroxyl groups is 2.